The zero-order chi connectivity index (χ0) is 22.4. The van der Waals surface area contributed by atoms with E-state index in [0.717, 1.165) is 0 Å². The summed E-state index contributed by atoms with van der Waals surface area (Å²) in [7, 11) is 0. The summed E-state index contributed by atoms with van der Waals surface area (Å²) in [6.07, 6.45) is 2.96. The first-order chi connectivity index (χ1) is 15.0. The topological polar surface area (TPSA) is 87.0 Å². The third kappa shape index (κ3) is 5.32. The van der Waals surface area contributed by atoms with Crippen molar-refractivity contribution in [3.8, 4) is 11.8 Å². The third-order valence-corrected chi connectivity index (χ3v) is 4.83. The lowest BCUT2D eigenvalue weighted by Crippen LogP contribution is -2.12. The van der Waals surface area contributed by atoms with Crippen LogP contribution in [-0.2, 0) is 4.79 Å². The summed E-state index contributed by atoms with van der Waals surface area (Å²) in [6.45, 7) is 2.34. The van der Waals surface area contributed by atoms with Gasteiger partial charge in [0.05, 0.1) is 22.8 Å². The van der Waals surface area contributed by atoms with E-state index < -0.39 is 11.7 Å². The number of anilines is 3. The van der Waals surface area contributed by atoms with Gasteiger partial charge in [0.15, 0.2) is 5.82 Å². The van der Waals surface area contributed by atoms with E-state index in [1.165, 1.54) is 24.3 Å². The van der Waals surface area contributed by atoms with Crippen LogP contribution < -0.4 is 15.4 Å². The second kappa shape index (κ2) is 10.2. The SMILES string of the molecule is CCOc1ccc2c(Nc3ccc(F)c(Cl)c3)c(C#N)c(NC(=O)C=CCBr)nc2c1. The summed E-state index contributed by atoms with van der Waals surface area (Å²) >= 11 is 9.11. The number of ether oxygens (including phenoxy) is 1. The van der Waals surface area contributed by atoms with Crippen molar-refractivity contribution >= 4 is 61.5 Å². The number of aromatic nitrogens is 1. The number of carbonyl (C=O) groups excluding carboxylic acids is 1. The number of nitrogens with one attached hydrogen (secondary N) is 2. The number of amides is 1. The Morgan fingerprint density at radius 3 is 2.84 bits per heavy atom. The minimum atomic E-state index is -0.555. The van der Waals surface area contributed by atoms with Crippen molar-refractivity contribution < 1.29 is 13.9 Å². The number of pyridine rings is 1. The van der Waals surface area contributed by atoms with E-state index in [1.807, 2.05) is 6.92 Å². The van der Waals surface area contributed by atoms with Crippen LogP contribution in [0.1, 0.15) is 12.5 Å². The maximum Gasteiger partial charge on any atom is 0.249 e. The van der Waals surface area contributed by atoms with Gasteiger partial charge in [0.2, 0.25) is 5.91 Å². The summed E-state index contributed by atoms with van der Waals surface area (Å²) in [4.78, 5) is 16.7. The van der Waals surface area contributed by atoms with Gasteiger partial charge in [-0.3, -0.25) is 4.79 Å². The van der Waals surface area contributed by atoms with Gasteiger partial charge in [0, 0.05) is 28.5 Å². The quantitative estimate of drug-likeness (QED) is 0.308. The van der Waals surface area contributed by atoms with Crippen molar-refractivity contribution in [2.45, 2.75) is 6.92 Å². The molecule has 2 aromatic carbocycles. The summed E-state index contributed by atoms with van der Waals surface area (Å²) in [5, 5.41) is 16.7. The van der Waals surface area contributed by atoms with Gasteiger partial charge in [0.1, 0.15) is 23.2 Å². The molecule has 1 aromatic heterocycles. The molecule has 0 aliphatic carbocycles. The van der Waals surface area contributed by atoms with Crippen molar-refractivity contribution in [3.05, 3.63) is 65.0 Å². The molecule has 0 unspecified atom stereocenters. The van der Waals surface area contributed by atoms with Gasteiger partial charge in [-0.1, -0.05) is 33.6 Å². The van der Waals surface area contributed by atoms with Crippen LogP contribution in [0.15, 0.2) is 48.6 Å². The number of fused-ring (bicyclic) bond motifs is 1. The molecule has 3 rings (SSSR count). The largest absolute Gasteiger partial charge is 0.494 e. The van der Waals surface area contributed by atoms with Gasteiger partial charge in [-0.2, -0.15) is 5.26 Å². The van der Waals surface area contributed by atoms with Gasteiger partial charge < -0.3 is 15.4 Å². The molecule has 0 atom stereocenters. The molecular formula is C22H17BrClFN4O2. The molecular weight excluding hydrogens is 487 g/mol. The first-order valence-corrected chi connectivity index (χ1v) is 10.7. The van der Waals surface area contributed by atoms with Crippen LogP contribution in [0.2, 0.25) is 5.02 Å². The molecule has 0 saturated heterocycles. The van der Waals surface area contributed by atoms with Crippen molar-refractivity contribution in [2.24, 2.45) is 0 Å². The summed E-state index contributed by atoms with van der Waals surface area (Å²) in [6, 6.07) is 11.5. The summed E-state index contributed by atoms with van der Waals surface area (Å²) in [5.74, 6) is -0.303. The Balaban J connectivity index is 2.17. The molecule has 158 valence electrons. The smallest absolute Gasteiger partial charge is 0.249 e. The first-order valence-electron chi connectivity index (χ1n) is 9.23. The number of halogens is 3. The number of allylic oxidation sites excluding steroid dienone is 1. The van der Waals surface area contributed by atoms with Crippen molar-refractivity contribution in [1.82, 2.24) is 4.98 Å². The molecule has 2 N–H and O–H groups in total. The van der Waals surface area contributed by atoms with Crippen LogP contribution >= 0.6 is 27.5 Å². The zero-order valence-corrected chi connectivity index (χ0v) is 18.7. The molecule has 1 amide bonds. The predicted octanol–water partition coefficient (Wildman–Crippen LogP) is 5.93. The van der Waals surface area contributed by atoms with Crippen molar-refractivity contribution in [1.29, 1.82) is 5.26 Å². The van der Waals surface area contributed by atoms with Crippen LogP contribution in [0.25, 0.3) is 10.9 Å². The van der Waals surface area contributed by atoms with Crippen LogP contribution in [0, 0.1) is 17.1 Å². The maximum absolute atomic E-state index is 13.6. The highest BCUT2D eigenvalue weighted by Crippen LogP contribution is 2.35. The lowest BCUT2D eigenvalue weighted by molar-refractivity contribution is -0.111. The third-order valence-electron chi connectivity index (χ3n) is 4.17. The zero-order valence-electron chi connectivity index (χ0n) is 16.4. The molecule has 6 nitrogen and oxygen atoms in total. The van der Waals surface area contributed by atoms with E-state index in [9.17, 15) is 14.4 Å². The summed E-state index contributed by atoms with van der Waals surface area (Å²) in [5.41, 5.74) is 1.50. The van der Waals surface area contributed by atoms with Crippen LogP contribution in [0.3, 0.4) is 0 Å². The molecule has 0 fully saturated rings. The maximum atomic E-state index is 13.6. The van der Waals surface area contributed by atoms with E-state index in [0.29, 0.717) is 40.0 Å². The van der Waals surface area contributed by atoms with Crippen molar-refractivity contribution in [2.75, 3.05) is 22.6 Å². The highest BCUT2D eigenvalue weighted by atomic mass is 79.9. The van der Waals surface area contributed by atoms with Crippen LogP contribution in [0.5, 0.6) is 5.75 Å². The molecule has 0 aliphatic heterocycles. The second-order valence-corrected chi connectivity index (χ2v) is 7.29. The lowest BCUT2D eigenvalue weighted by Gasteiger charge is -2.16. The van der Waals surface area contributed by atoms with Gasteiger partial charge in [-0.25, -0.2) is 9.37 Å². The Kier molecular flexibility index (Phi) is 7.45. The number of carbonyl (C=O) groups is 1. The van der Waals surface area contributed by atoms with E-state index in [-0.39, 0.29) is 16.4 Å². The normalized spacial score (nSPS) is 10.8. The van der Waals surface area contributed by atoms with Crippen LogP contribution in [0.4, 0.5) is 21.6 Å². The van der Waals surface area contributed by atoms with Crippen LogP contribution in [-0.4, -0.2) is 22.8 Å². The number of nitrogens with zero attached hydrogens (tertiary/aromatic N) is 2. The number of hydrogen-bond acceptors (Lipinski definition) is 5. The average Bonchev–Trinajstić information content (AvgIpc) is 2.75. The number of nitriles is 1. The number of alkyl halides is 1. The minimum Gasteiger partial charge on any atom is -0.494 e. The standard InChI is InChI=1S/C22H17BrClFN4O2/c1-2-31-14-6-7-15-19(11-14)28-22(29-20(30)4-3-9-23)16(12-26)21(15)27-13-5-8-18(25)17(24)10-13/h3-8,10-11H,2,9H2,1H3,(H2,27,28,29,30). The van der Waals surface area contributed by atoms with E-state index in [4.69, 9.17) is 16.3 Å². The van der Waals surface area contributed by atoms with Gasteiger partial charge in [-0.05, 0) is 37.3 Å². The number of rotatable bonds is 7. The molecule has 0 aliphatic rings. The highest BCUT2D eigenvalue weighted by molar-refractivity contribution is 9.09. The first kappa shape index (κ1) is 22.5. The molecule has 0 bridgehead atoms. The Hall–Kier alpha value is -3.15. The Morgan fingerprint density at radius 1 is 1.35 bits per heavy atom. The average molecular weight is 504 g/mol. The fraction of sp³-hybridized carbons (Fsp3) is 0.136. The van der Waals surface area contributed by atoms with Gasteiger partial charge in [-0.15, -0.1) is 0 Å². The molecule has 0 radical (unpaired) electrons. The Labute approximate surface area is 191 Å². The minimum absolute atomic E-state index is 0.0612. The molecule has 3 aromatic rings. The van der Waals surface area contributed by atoms with E-state index >= 15 is 0 Å². The van der Waals surface area contributed by atoms with Gasteiger partial charge in [0.25, 0.3) is 0 Å². The fourth-order valence-electron chi connectivity index (χ4n) is 2.86. The lowest BCUT2D eigenvalue weighted by atomic mass is 10.1. The summed E-state index contributed by atoms with van der Waals surface area (Å²) < 4.78 is 19.1. The van der Waals surface area contributed by atoms with Crippen molar-refractivity contribution in [3.63, 3.8) is 0 Å². The fourth-order valence-corrected chi connectivity index (χ4v) is 3.23. The molecule has 31 heavy (non-hydrogen) atoms. The Bertz CT molecular complexity index is 1210. The highest BCUT2D eigenvalue weighted by Gasteiger charge is 2.18. The monoisotopic (exact) mass is 502 g/mol. The van der Waals surface area contributed by atoms with E-state index in [1.54, 1.807) is 24.3 Å². The molecule has 9 heteroatoms. The number of benzene rings is 2. The van der Waals surface area contributed by atoms with E-state index in [2.05, 4.69) is 37.6 Å². The predicted molar refractivity (Wildman–Crippen MR) is 124 cm³/mol. The molecule has 0 saturated carbocycles. The Morgan fingerprint density at radius 2 is 2.16 bits per heavy atom. The number of hydrogen-bond donors (Lipinski definition) is 2. The molecule has 1 heterocycles. The van der Waals surface area contributed by atoms with Gasteiger partial charge >= 0.3 is 0 Å². The second-order valence-electron chi connectivity index (χ2n) is 6.23. The molecule has 0 spiro atoms.